The zero-order chi connectivity index (χ0) is 14.8. The van der Waals surface area contributed by atoms with Crippen molar-refractivity contribution in [3.05, 3.63) is 53.6 Å². The smallest absolute Gasteiger partial charge is 0.407 e. The summed E-state index contributed by atoms with van der Waals surface area (Å²) >= 11 is 0. The van der Waals surface area contributed by atoms with Crippen molar-refractivity contribution in [1.29, 1.82) is 0 Å². The summed E-state index contributed by atoms with van der Waals surface area (Å²) in [5.41, 5.74) is 4.35. The number of hydrogen-bond acceptors (Lipinski definition) is 2. The van der Waals surface area contributed by atoms with E-state index in [0.717, 1.165) is 28.0 Å². The van der Waals surface area contributed by atoms with Crippen molar-refractivity contribution in [2.45, 2.75) is 13.0 Å². The molecule has 0 fully saturated rings. The number of nitrogens with zero attached hydrogens (tertiary/aromatic N) is 1. The molecule has 3 rings (SSSR count). The van der Waals surface area contributed by atoms with E-state index in [0.29, 0.717) is 19.5 Å². The van der Waals surface area contributed by atoms with Crippen molar-refractivity contribution in [3.8, 4) is 16.9 Å². The number of methoxy groups -OCH3 is 1. The number of carboxylic acid groups (broad SMARTS) is 1. The van der Waals surface area contributed by atoms with Crippen LogP contribution >= 0.6 is 0 Å². The predicted molar refractivity (Wildman–Crippen MR) is 80.6 cm³/mol. The van der Waals surface area contributed by atoms with Gasteiger partial charge in [0, 0.05) is 12.1 Å². The van der Waals surface area contributed by atoms with Gasteiger partial charge in [0.25, 0.3) is 0 Å². The van der Waals surface area contributed by atoms with E-state index in [9.17, 15) is 9.90 Å². The summed E-state index contributed by atoms with van der Waals surface area (Å²) in [7, 11) is 1.65. The molecule has 1 N–H and O–H groups in total. The van der Waals surface area contributed by atoms with Crippen molar-refractivity contribution in [3.63, 3.8) is 0 Å². The monoisotopic (exact) mass is 283 g/mol. The van der Waals surface area contributed by atoms with Crippen LogP contribution in [0.25, 0.3) is 11.1 Å². The van der Waals surface area contributed by atoms with Gasteiger partial charge < -0.3 is 14.7 Å². The van der Waals surface area contributed by atoms with E-state index in [1.54, 1.807) is 7.11 Å². The van der Waals surface area contributed by atoms with Crippen molar-refractivity contribution in [1.82, 2.24) is 4.90 Å². The maximum Gasteiger partial charge on any atom is 0.407 e. The fraction of sp³-hybridized carbons (Fsp3) is 0.235. The van der Waals surface area contributed by atoms with Gasteiger partial charge in [-0.15, -0.1) is 0 Å². The fourth-order valence-corrected chi connectivity index (χ4v) is 2.89. The largest absolute Gasteiger partial charge is 0.496 e. The molecule has 0 bridgehead atoms. The highest BCUT2D eigenvalue weighted by Crippen LogP contribution is 2.35. The van der Waals surface area contributed by atoms with Gasteiger partial charge in [0.15, 0.2) is 0 Å². The summed E-state index contributed by atoms with van der Waals surface area (Å²) in [5, 5.41) is 9.25. The van der Waals surface area contributed by atoms with Crippen LogP contribution in [0.5, 0.6) is 5.75 Å². The van der Waals surface area contributed by atoms with Gasteiger partial charge in [-0.1, -0.05) is 36.4 Å². The summed E-state index contributed by atoms with van der Waals surface area (Å²) < 4.78 is 5.43. The van der Waals surface area contributed by atoms with E-state index >= 15 is 0 Å². The van der Waals surface area contributed by atoms with Gasteiger partial charge in [-0.05, 0) is 29.2 Å². The molecule has 0 saturated carbocycles. The van der Waals surface area contributed by atoms with E-state index in [4.69, 9.17) is 4.74 Å². The quantitative estimate of drug-likeness (QED) is 0.919. The maximum absolute atomic E-state index is 11.3. The van der Waals surface area contributed by atoms with Crippen LogP contribution in [0, 0.1) is 0 Å². The minimum absolute atomic E-state index is 0.409. The number of hydrogen-bond donors (Lipinski definition) is 1. The molecule has 0 unspecified atom stereocenters. The third-order valence-electron chi connectivity index (χ3n) is 3.94. The normalized spacial score (nSPS) is 13.7. The lowest BCUT2D eigenvalue weighted by atomic mass is 9.90. The summed E-state index contributed by atoms with van der Waals surface area (Å²) in [6.07, 6.45) is -0.187. The van der Waals surface area contributed by atoms with E-state index < -0.39 is 6.09 Å². The zero-order valence-corrected chi connectivity index (χ0v) is 11.9. The second kappa shape index (κ2) is 5.48. The van der Waals surface area contributed by atoms with Crippen LogP contribution in [-0.4, -0.2) is 29.8 Å². The molecule has 2 aromatic rings. The molecule has 0 radical (unpaired) electrons. The maximum atomic E-state index is 11.3. The van der Waals surface area contributed by atoms with E-state index in [1.165, 1.54) is 4.90 Å². The molecule has 4 heteroatoms. The molecule has 21 heavy (non-hydrogen) atoms. The van der Waals surface area contributed by atoms with E-state index in [1.807, 2.05) is 42.5 Å². The number of ether oxygens (including phenoxy) is 1. The average molecular weight is 283 g/mol. The Labute approximate surface area is 123 Å². The Hall–Kier alpha value is -2.49. The van der Waals surface area contributed by atoms with Gasteiger partial charge in [0.2, 0.25) is 0 Å². The lowest BCUT2D eigenvalue weighted by molar-refractivity contribution is 0.139. The first-order chi connectivity index (χ1) is 10.2. The van der Waals surface area contributed by atoms with Crippen LogP contribution in [0.1, 0.15) is 11.1 Å². The third-order valence-corrected chi connectivity index (χ3v) is 3.94. The summed E-state index contributed by atoms with van der Waals surface area (Å²) in [5.74, 6) is 0.842. The minimum Gasteiger partial charge on any atom is -0.496 e. The van der Waals surface area contributed by atoms with Crippen LogP contribution in [-0.2, 0) is 13.0 Å². The highest BCUT2D eigenvalue weighted by molar-refractivity contribution is 5.73. The Kier molecular flexibility index (Phi) is 3.52. The van der Waals surface area contributed by atoms with E-state index in [2.05, 4.69) is 0 Å². The molecule has 108 valence electrons. The molecular formula is C17H17NO3. The molecule has 0 aliphatic carbocycles. The van der Waals surface area contributed by atoms with Crippen LogP contribution < -0.4 is 4.74 Å². The Morgan fingerprint density at radius 2 is 1.90 bits per heavy atom. The molecule has 0 saturated heterocycles. The number of benzene rings is 2. The van der Waals surface area contributed by atoms with E-state index in [-0.39, 0.29) is 0 Å². The van der Waals surface area contributed by atoms with Gasteiger partial charge in [-0.3, -0.25) is 0 Å². The first-order valence-electron chi connectivity index (χ1n) is 6.92. The van der Waals surface area contributed by atoms with Crippen molar-refractivity contribution in [2.24, 2.45) is 0 Å². The van der Waals surface area contributed by atoms with Gasteiger partial charge >= 0.3 is 6.09 Å². The topological polar surface area (TPSA) is 49.8 Å². The summed E-state index contributed by atoms with van der Waals surface area (Å²) in [4.78, 5) is 12.7. The molecule has 1 aliphatic heterocycles. The van der Waals surface area contributed by atoms with Crippen LogP contribution in [0.3, 0.4) is 0 Å². The van der Waals surface area contributed by atoms with Crippen molar-refractivity contribution >= 4 is 6.09 Å². The third kappa shape index (κ3) is 2.44. The minimum atomic E-state index is -0.873. The van der Waals surface area contributed by atoms with Gasteiger partial charge in [0.1, 0.15) is 5.75 Å². The van der Waals surface area contributed by atoms with Gasteiger partial charge in [0.05, 0.1) is 13.7 Å². The Morgan fingerprint density at radius 3 is 2.57 bits per heavy atom. The molecule has 2 aromatic carbocycles. The van der Waals surface area contributed by atoms with Gasteiger partial charge in [-0.2, -0.15) is 0 Å². The Balaban J connectivity index is 2.13. The van der Waals surface area contributed by atoms with Crippen molar-refractivity contribution < 1.29 is 14.6 Å². The lowest BCUT2D eigenvalue weighted by Crippen LogP contribution is -2.35. The number of fused-ring (bicyclic) bond motifs is 1. The first-order valence-corrected chi connectivity index (χ1v) is 6.92. The lowest BCUT2D eigenvalue weighted by Gasteiger charge is -2.29. The van der Waals surface area contributed by atoms with Gasteiger partial charge in [-0.25, -0.2) is 4.79 Å². The molecular weight excluding hydrogens is 266 g/mol. The predicted octanol–water partition coefficient (Wildman–Crippen LogP) is 3.40. The summed E-state index contributed by atoms with van der Waals surface area (Å²) in [6, 6.07) is 14.0. The molecule has 1 amide bonds. The zero-order valence-electron chi connectivity index (χ0n) is 11.9. The second-order valence-electron chi connectivity index (χ2n) is 5.09. The Morgan fingerprint density at radius 1 is 1.14 bits per heavy atom. The van der Waals surface area contributed by atoms with Crippen LogP contribution in [0.15, 0.2) is 42.5 Å². The highest BCUT2D eigenvalue weighted by atomic mass is 16.5. The summed E-state index contributed by atoms with van der Waals surface area (Å²) in [6.45, 7) is 0.920. The molecule has 1 heterocycles. The Bertz CT molecular complexity index is 667. The highest BCUT2D eigenvalue weighted by Gasteiger charge is 2.25. The molecule has 1 aliphatic rings. The average Bonchev–Trinajstić information content (AvgIpc) is 2.54. The first kappa shape index (κ1) is 13.5. The van der Waals surface area contributed by atoms with Crippen LogP contribution in [0.2, 0.25) is 0 Å². The number of carbonyl (C=O) groups is 1. The number of amides is 1. The van der Waals surface area contributed by atoms with Crippen LogP contribution in [0.4, 0.5) is 4.79 Å². The molecule has 0 spiro atoms. The fourth-order valence-electron chi connectivity index (χ4n) is 2.89. The molecule has 0 aromatic heterocycles. The van der Waals surface area contributed by atoms with Crippen molar-refractivity contribution in [2.75, 3.05) is 13.7 Å². The second-order valence-corrected chi connectivity index (χ2v) is 5.09. The standard InChI is InChI=1S/C17H17NO3/c1-21-16-8-7-13(12-5-3-2-4-6-12)15-11-18(17(19)20)10-9-14(15)16/h2-8H,9-11H2,1H3,(H,19,20). The number of rotatable bonds is 2. The molecule has 0 atom stereocenters. The SMILES string of the molecule is COc1ccc(-c2ccccc2)c2c1CCN(C(=O)O)C2. The molecule has 4 nitrogen and oxygen atoms in total.